The van der Waals surface area contributed by atoms with Crippen LogP contribution in [-0.4, -0.2) is 35.9 Å². The highest BCUT2D eigenvalue weighted by Gasteiger charge is 2.64. The Morgan fingerprint density at radius 2 is 1.89 bits per heavy atom. The van der Waals surface area contributed by atoms with Crippen LogP contribution in [0.1, 0.15) is 32.1 Å². The van der Waals surface area contributed by atoms with Crippen molar-refractivity contribution in [1.82, 2.24) is 5.32 Å². The lowest BCUT2D eigenvalue weighted by atomic mass is 10.0. The van der Waals surface area contributed by atoms with Gasteiger partial charge >= 0.3 is 5.97 Å². The molecule has 0 aromatic carbocycles. The van der Waals surface area contributed by atoms with Gasteiger partial charge in [0.1, 0.15) is 0 Å². The molecule has 4 aliphatic rings. The van der Waals surface area contributed by atoms with E-state index in [-0.39, 0.29) is 6.10 Å². The van der Waals surface area contributed by atoms with Gasteiger partial charge in [0.15, 0.2) is 6.10 Å². The molecule has 0 aromatic heterocycles. The number of nitrogens with one attached hydrogen (secondary N) is 1. The van der Waals surface area contributed by atoms with E-state index in [0.29, 0.717) is 6.42 Å². The molecular weight excluding hydrogens is 230 g/mol. The van der Waals surface area contributed by atoms with Gasteiger partial charge in [0.25, 0.3) is 0 Å². The molecule has 1 saturated heterocycles. The van der Waals surface area contributed by atoms with Gasteiger partial charge in [-0.05, 0) is 55.8 Å². The van der Waals surface area contributed by atoms with Crippen LogP contribution in [0.15, 0.2) is 0 Å². The van der Waals surface area contributed by atoms with Crippen molar-refractivity contribution in [3.05, 3.63) is 0 Å². The number of aliphatic carboxylic acids is 1. The summed E-state index contributed by atoms with van der Waals surface area (Å²) in [5.74, 6) is 3.07. The summed E-state index contributed by atoms with van der Waals surface area (Å²) in [5, 5.41) is 12.5. The molecule has 3 saturated carbocycles. The highest BCUT2D eigenvalue weighted by atomic mass is 16.5. The van der Waals surface area contributed by atoms with Gasteiger partial charge in [-0.25, -0.2) is 4.79 Å². The van der Waals surface area contributed by atoms with Crippen LogP contribution in [0.2, 0.25) is 0 Å². The number of carboxylic acids is 1. The van der Waals surface area contributed by atoms with Gasteiger partial charge in [0.2, 0.25) is 0 Å². The Labute approximate surface area is 107 Å². The van der Waals surface area contributed by atoms with Crippen molar-refractivity contribution in [2.75, 3.05) is 6.54 Å². The molecule has 1 heterocycles. The molecular formula is C14H21NO3. The van der Waals surface area contributed by atoms with E-state index < -0.39 is 12.1 Å². The van der Waals surface area contributed by atoms with Crippen molar-refractivity contribution < 1.29 is 14.6 Å². The van der Waals surface area contributed by atoms with Crippen LogP contribution in [0, 0.1) is 23.7 Å². The van der Waals surface area contributed by atoms with Gasteiger partial charge in [-0.1, -0.05) is 0 Å². The fourth-order valence-corrected chi connectivity index (χ4v) is 4.90. The van der Waals surface area contributed by atoms with Crippen LogP contribution in [-0.2, 0) is 9.53 Å². The van der Waals surface area contributed by atoms with Crippen molar-refractivity contribution >= 4 is 5.97 Å². The Kier molecular flexibility index (Phi) is 2.46. The molecule has 4 heteroatoms. The maximum Gasteiger partial charge on any atom is 0.332 e. The number of ether oxygens (including phenoxy) is 1. The van der Waals surface area contributed by atoms with Crippen LogP contribution in [0.25, 0.3) is 0 Å². The van der Waals surface area contributed by atoms with Crippen molar-refractivity contribution in [3.8, 4) is 0 Å². The summed E-state index contributed by atoms with van der Waals surface area (Å²) in [6, 6.07) is 0.726. The first-order chi connectivity index (χ1) is 8.74. The number of hydrogen-bond acceptors (Lipinski definition) is 3. The summed E-state index contributed by atoms with van der Waals surface area (Å²) >= 11 is 0. The second kappa shape index (κ2) is 3.94. The molecule has 6 unspecified atom stereocenters. The van der Waals surface area contributed by atoms with Crippen LogP contribution in [0.3, 0.4) is 0 Å². The van der Waals surface area contributed by atoms with Gasteiger partial charge in [-0.2, -0.15) is 0 Å². The zero-order valence-electron chi connectivity index (χ0n) is 10.5. The zero-order valence-corrected chi connectivity index (χ0v) is 10.5. The van der Waals surface area contributed by atoms with Gasteiger partial charge < -0.3 is 15.2 Å². The minimum Gasteiger partial charge on any atom is -0.479 e. The highest BCUT2D eigenvalue weighted by Crippen LogP contribution is 2.65. The minimum absolute atomic E-state index is 0.116. The fraction of sp³-hybridized carbons (Fsp3) is 0.929. The molecule has 4 fully saturated rings. The SMILES string of the molecule is O=C(O)C1CCC(CNC2C3C4CCC(C4)C23)O1. The molecule has 2 N–H and O–H groups in total. The molecule has 0 radical (unpaired) electrons. The van der Waals surface area contributed by atoms with Crippen LogP contribution in [0.4, 0.5) is 0 Å². The summed E-state index contributed by atoms with van der Waals surface area (Å²) in [7, 11) is 0. The predicted molar refractivity (Wildman–Crippen MR) is 65.1 cm³/mol. The van der Waals surface area contributed by atoms with Crippen LogP contribution < -0.4 is 5.32 Å². The van der Waals surface area contributed by atoms with Crippen LogP contribution >= 0.6 is 0 Å². The summed E-state index contributed by atoms with van der Waals surface area (Å²) < 4.78 is 5.53. The van der Waals surface area contributed by atoms with Gasteiger partial charge in [-0.3, -0.25) is 0 Å². The monoisotopic (exact) mass is 251 g/mol. The normalized spacial score (nSPS) is 52.6. The molecule has 2 bridgehead atoms. The summed E-state index contributed by atoms with van der Waals surface area (Å²) in [5.41, 5.74) is 0. The first kappa shape index (κ1) is 11.2. The van der Waals surface area contributed by atoms with Crippen molar-refractivity contribution in [2.45, 2.75) is 50.4 Å². The minimum atomic E-state index is -0.807. The number of rotatable bonds is 4. The highest BCUT2D eigenvalue weighted by molar-refractivity contribution is 5.72. The second-order valence-corrected chi connectivity index (χ2v) is 6.58. The van der Waals surface area contributed by atoms with E-state index >= 15 is 0 Å². The van der Waals surface area contributed by atoms with Gasteiger partial charge in [-0.15, -0.1) is 0 Å². The van der Waals surface area contributed by atoms with E-state index in [1.54, 1.807) is 0 Å². The molecule has 100 valence electrons. The first-order valence-electron chi connectivity index (χ1n) is 7.35. The maximum absolute atomic E-state index is 10.8. The van der Waals surface area contributed by atoms with Crippen molar-refractivity contribution in [1.29, 1.82) is 0 Å². The molecule has 1 aliphatic heterocycles. The number of carboxylic acid groups (broad SMARTS) is 1. The molecule has 6 atom stereocenters. The second-order valence-electron chi connectivity index (χ2n) is 6.58. The van der Waals surface area contributed by atoms with E-state index in [4.69, 9.17) is 9.84 Å². The van der Waals surface area contributed by atoms with Gasteiger partial charge in [0, 0.05) is 12.6 Å². The van der Waals surface area contributed by atoms with E-state index in [1.165, 1.54) is 19.3 Å². The Balaban J connectivity index is 1.25. The van der Waals surface area contributed by atoms with Crippen LogP contribution in [0.5, 0.6) is 0 Å². The summed E-state index contributed by atoms with van der Waals surface area (Å²) in [6.45, 7) is 0.848. The Bertz CT molecular complexity index is 356. The van der Waals surface area contributed by atoms with E-state index in [0.717, 1.165) is 42.7 Å². The maximum atomic E-state index is 10.8. The molecule has 18 heavy (non-hydrogen) atoms. The van der Waals surface area contributed by atoms with Crippen molar-refractivity contribution in [3.63, 3.8) is 0 Å². The third-order valence-corrected chi connectivity index (χ3v) is 5.70. The number of carbonyl (C=O) groups is 1. The average molecular weight is 251 g/mol. The van der Waals surface area contributed by atoms with Gasteiger partial charge in [0.05, 0.1) is 6.10 Å². The topological polar surface area (TPSA) is 58.6 Å². The third kappa shape index (κ3) is 1.62. The predicted octanol–water partition coefficient (Wildman–Crippen LogP) is 1.25. The Hall–Kier alpha value is -0.610. The molecule has 3 aliphatic carbocycles. The molecule has 0 spiro atoms. The summed E-state index contributed by atoms with van der Waals surface area (Å²) in [6.07, 6.45) is 5.49. The Morgan fingerprint density at radius 3 is 2.50 bits per heavy atom. The number of hydrogen-bond donors (Lipinski definition) is 2. The largest absolute Gasteiger partial charge is 0.479 e. The average Bonchev–Trinajstić information content (AvgIpc) is 2.81. The smallest absolute Gasteiger partial charge is 0.332 e. The Morgan fingerprint density at radius 1 is 1.17 bits per heavy atom. The van der Waals surface area contributed by atoms with Crippen molar-refractivity contribution in [2.24, 2.45) is 23.7 Å². The van der Waals surface area contributed by atoms with E-state index in [1.807, 2.05) is 0 Å². The molecule has 0 amide bonds. The molecule has 0 aromatic rings. The quantitative estimate of drug-likeness (QED) is 0.789. The van der Waals surface area contributed by atoms with E-state index in [9.17, 15) is 4.79 Å². The number of fused-ring (bicyclic) bond motifs is 5. The first-order valence-corrected chi connectivity index (χ1v) is 7.35. The van der Waals surface area contributed by atoms with E-state index in [2.05, 4.69) is 5.32 Å². The zero-order chi connectivity index (χ0) is 12.3. The molecule has 4 nitrogen and oxygen atoms in total. The third-order valence-electron chi connectivity index (χ3n) is 5.70. The standard InChI is InChI=1S/C14H21NO3/c16-14(17)10-4-3-9(18-10)6-15-13-11-7-1-2-8(5-7)12(11)13/h7-13,15H,1-6H2,(H,16,17). The molecule has 4 rings (SSSR count). The lowest BCUT2D eigenvalue weighted by Gasteiger charge is -2.14. The fourth-order valence-electron chi connectivity index (χ4n) is 4.90. The lowest BCUT2D eigenvalue weighted by Crippen LogP contribution is -2.32. The summed E-state index contributed by atoms with van der Waals surface area (Å²) in [4.78, 5) is 10.8. The lowest BCUT2D eigenvalue weighted by molar-refractivity contribution is -0.149.